The quantitative estimate of drug-likeness (QED) is 0.636. The van der Waals surface area contributed by atoms with Crippen molar-refractivity contribution >= 4 is 11.6 Å². The maximum absolute atomic E-state index is 12.4. The van der Waals surface area contributed by atoms with Crippen LogP contribution in [0.5, 0.6) is 11.5 Å². The van der Waals surface area contributed by atoms with Gasteiger partial charge in [-0.25, -0.2) is 0 Å². The molecule has 0 saturated carbocycles. The van der Waals surface area contributed by atoms with Crippen LogP contribution in [-0.2, 0) is 0 Å². The van der Waals surface area contributed by atoms with Crippen LogP contribution in [0.25, 0.3) is 0 Å². The fourth-order valence-corrected chi connectivity index (χ4v) is 2.49. The Balaban J connectivity index is 1.63. The second kappa shape index (κ2) is 6.57. The minimum atomic E-state index is -0.497. The second-order valence-corrected chi connectivity index (χ2v) is 5.49. The lowest BCUT2D eigenvalue weighted by atomic mass is 10.1. The van der Waals surface area contributed by atoms with Gasteiger partial charge in [0, 0.05) is 24.7 Å². The number of likely N-dealkylation sites (N-methyl/N-ethyl adjacent to an activating group) is 1. The molecule has 0 spiro atoms. The molecule has 3 rings (SSSR count). The van der Waals surface area contributed by atoms with Gasteiger partial charge in [0.05, 0.1) is 11.5 Å². The average molecular weight is 328 g/mol. The second-order valence-electron chi connectivity index (χ2n) is 5.49. The molecule has 1 aliphatic heterocycles. The Kier molecular flexibility index (Phi) is 4.33. The molecule has 24 heavy (non-hydrogen) atoms. The lowest BCUT2D eigenvalue weighted by Crippen LogP contribution is -2.41. The summed E-state index contributed by atoms with van der Waals surface area (Å²) < 4.78 is 11.5. The number of nitro benzene ring substituents is 1. The Morgan fingerprint density at radius 3 is 2.54 bits per heavy atom. The Bertz CT molecular complexity index is 760. The van der Waals surface area contributed by atoms with Gasteiger partial charge in [-0.1, -0.05) is 12.1 Å². The van der Waals surface area contributed by atoms with E-state index in [1.807, 2.05) is 24.3 Å². The van der Waals surface area contributed by atoms with Crippen LogP contribution in [0.4, 0.5) is 5.69 Å². The van der Waals surface area contributed by atoms with E-state index >= 15 is 0 Å². The highest BCUT2D eigenvalue weighted by molar-refractivity contribution is 5.94. The maximum Gasteiger partial charge on any atom is 0.269 e. The number of carbonyl (C=O) groups excluding carboxylic acids is 1. The fraction of sp³-hybridized carbons (Fsp3) is 0.235. The number of benzene rings is 2. The zero-order valence-corrected chi connectivity index (χ0v) is 13.0. The third-order valence-electron chi connectivity index (χ3n) is 3.72. The van der Waals surface area contributed by atoms with Crippen molar-refractivity contribution in [2.45, 2.75) is 6.10 Å². The topological polar surface area (TPSA) is 81.9 Å². The van der Waals surface area contributed by atoms with Gasteiger partial charge in [0.1, 0.15) is 6.61 Å². The highest BCUT2D eigenvalue weighted by Gasteiger charge is 2.24. The van der Waals surface area contributed by atoms with E-state index in [2.05, 4.69) is 0 Å². The van der Waals surface area contributed by atoms with Crippen molar-refractivity contribution in [3.8, 4) is 11.5 Å². The van der Waals surface area contributed by atoms with E-state index in [0.29, 0.717) is 30.2 Å². The molecule has 1 heterocycles. The normalized spacial score (nSPS) is 15.6. The zero-order valence-electron chi connectivity index (χ0n) is 13.0. The van der Waals surface area contributed by atoms with E-state index in [0.717, 1.165) is 0 Å². The Hall–Kier alpha value is -3.09. The van der Waals surface area contributed by atoms with Crippen LogP contribution in [0.2, 0.25) is 0 Å². The van der Waals surface area contributed by atoms with Gasteiger partial charge in [0.25, 0.3) is 11.6 Å². The Morgan fingerprint density at radius 2 is 1.88 bits per heavy atom. The minimum absolute atomic E-state index is 0.0465. The van der Waals surface area contributed by atoms with Crippen molar-refractivity contribution in [3.05, 3.63) is 64.2 Å². The molecule has 0 radical (unpaired) electrons. The predicted molar refractivity (Wildman–Crippen MR) is 86.4 cm³/mol. The van der Waals surface area contributed by atoms with E-state index < -0.39 is 4.92 Å². The predicted octanol–water partition coefficient (Wildman–Crippen LogP) is 2.51. The molecule has 0 aromatic heterocycles. The van der Waals surface area contributed by atoms with E-state index in [1.165, 1.54) is 29.2 Å². The molecule has 1 amide bonds. The molecule has 0 N–H and O–H groups in total. The van der Waals surface area contributed by atoms with Gasteiger partial charge in [-0.05, 0) is 24.3 Å². The van der Waals surface area contributed by atoms with Crippen molar-refractivity contribution in [1.29, 1.82) is 0 Å². The number of rotatable bonds is 4. The van der Waals surface area contributed by atoms with E-state index in [-0.39, 0.29) is 17.7 Å². The molecule has 7 nitrogen and oxygen atoms in total. The molecule has 2 aromatic carbocycles. The first-order valence-corrected chi connectivity index (χ1v) is 7.43. The lowest BCUT2D eigenvalue weighted by molar-refractivity contribution is -0.384. The van der Waals surface area contributed by atoms with E-state index in [9.17, 15) is 14.9 Å². The monoisotopic (exact) mass is 328 g/mol. The summed E-state index contributed by atoms with van der Waals surface area (Å²) in [4.78, 5) is 24.1. The molecule has 2 aromatic rings. The largest absolute Gasteiger partial charge is 0.486 e. The number of nitrogens with zero attached hydrogens (tertiary/aromatic N) is 2. The lowest BCUT2D eigenvalue weighted by Gasteiger charge is -2.29. The van der Waals surface area contributed by atoms with E-state index in [1.54, 1.807) is 7.05 Å². The zero-order chi connectivity index (χ0) is 17.1. The molecular formula is C17H16N2O5. The summed E-state index contributed by atoms with van der Waals surface area (Å²) in [5.41, 5.74) is 0.343. The molecule has 7 heteroatoms. The van der Waals surface area contributed by atoms with Gasteiger partial charge in [-0.15, -0.1) is 0 Å². The number of hydrogen-bond donors (Lipinski definition) is 0. The fourth-order valence-electron chi connectivity index (χ4n) is 2.49. The summed E-state index contributed by atoms with van der Waals surface area (Å²) in [5.74, 6) is 1.12. The van der Waals surface area contributed by atoms with Gasteiger partial charge >= 0.3 is 0 Å². The SMILES string of the molecule is CN(CC1COc2ccccc2O1)C(=O)c1ccc([N+](=O)[O-])cc1. The van der Waals surface area contributed by atoms with Crippen molar-refractivity contribution in [2.24, 2.45) is 0 Å². The van der Waals surface area contributed by atoms with Crippen molar-refractivity contribution in [3.63, 3.8) is 0 Å². The summed E-state index contributed by atoms with van der Waals surface area (Å²) in [6.45, 7) is 0.707. The van der Waals surface area contributed by atoms with Crippen molar-refractivity contribution in [2.75, 3.05) is 20.2 Å². The average Bonchev–Trinajstić information content (AvgIpc) is 2.61. The summed E-state index contributed by atoms with van der Waals surface area (Å²) in [7, 11) is 1.66. The van der Waals surface area contributed by atoms with E-state index in [4.69, 9.17) is 9.47 Å². The van der Waals surface area contributed by atoms with Crippen LogP contribution in [-0.4, -0.2) is 42.0 Å². The third-order valence-corrected chi connectivity index (χ3v) is 3.72. The van der Waals surface area contributed by atoms with Crippen LogP contribution in [0, 0.1) is 10.1 Å². The summed E-state index contributed by atoms with van der Waals surface area (Å²) in [6.07, 6.45) is -0.271. The van der Waals surface area contributed by atoms with Gasteiger partial charge in [0.15, 0.2) is 17.6 Å². The number of hydrogen-bond acceptors (Lipinski definition) is 5. The maximum atomic E-state index is 12.4. The standard InChI is InChI=1S/C17H16N2O5/c1-18(17(20)12-6-8-13(9-7-12)19(21)22)10-14-11-23-15-4-2-3-5-16(15)24-14/h2-9,14H,10-11H2,1H3. The molecule has 0 aliphatic carbocycles. The highest BCUT2D eigenvalue weighted by Crippen LogP contribution is 2.31. The Labute approximate surface area is 138 Å². The van der Waals surface area contributed by atoms with Crippen LogP contribution >= 0.6 is 0 Å². The number of non-ortho nitro benzene ring substituents is 1. The van der Waals surface area contributed by atoms with Crippen LogP contribution in [0.3, 0.4) is 0 Å². The third kappa shape index (κ3) is 3.29. The molecule has 1 aliphatic rings. The summed E-state index contributed by atoms with van der Waals surface area (Å²) in [6, 6.07) is 12.9. The minimum Gasteiger partial charge on any atom is -0.486 e. The molecule has 1 atom stereocenters. The molecular weight excluding hydrogens is 312 g/mol. The first-order valence-electron chi connectivity index (χ1n) is 7.43. The number of fused-ring (bicyclic) bond motifs is 1. The van der Waals surface area contributed by atoms with Gasteiger partial charge in [-0.3, -0.25) is 14.9 Å². The molecule has 0 saturated heterocycles. The van der Waals surface area contributed by atoms with Crippen molar-refractivity contribution < 1.29 is 19.2 Å². The smallest absolute Gasteiger partial charge is 0.269 e. The van der Waals surface area contributed by atoms with Gasteiger partial charge in [-0.2, -0.15) is 0 Å². The molecule has 0 bridgehead atoms. The first kappa shape index (κ1) is 15.8. The van der Waals surface area contributed by atoms with Crippen molar-refractivity contribution in [1.82, 2.24) is 4.90 Å². The number of nitro groups is 1. The highest BCUT2D eigenvalue weighted by atomic mass is 16.6. The molecule has 124 valence electrons. The van der Waals surface area contributed by atoms with Crippen LogP contribution in [0.15, 0.2) is 48.5 Å². The van der Waals surface area contributed by atoms with Gasteiger partial charge < -0.3 is 14.4 Å². The summed E-state index contributed by atoms with van der Waals surface area (Å²) >= 11 is 0. The molecule has 0 fully saturated rings. The van der Waals surface area contributed by atoms with Crippen LogP contribution < -0.4 is 9.47 Å². The van der Waals surface area contributed by atoms with Gasteiger partial charge in [0.2, 0.25) is 0 Å². The number of carbonyl (C=O) groups is 1. The summed E-state index contributed by atoms with van der Waals surface area (Å²) in [5, 5.41) is 10.7. The first-order chi connectivity index (χ1) is 11.5. The number of ether oxygens (including phenoxy) is 2. The number of para-hydroxylation sites is 2. The van der Waals surface area contributed by atoms with Crippen LogP contribution in [0.1, 0.15) is 10.4 Å². The Morgan fingerprint density at radius 1 is 1.21 bits per heavy atom. The number of amides is 1. The molecule has 1 unspecified atom stereocenters.